The highest BCUT2D eigenvalue weighted by Crippen LogP contribution is 2.39. The van der Waals surface area contributed by atoms with Crippen LogP contribution in [0.15, 0.2) is 0 Å². The largest absolute Gasteiger partial charge is 0.379 e. The summed E-state index contributed by atoms with van der Waals surface area (Å²) in [6.07, 6.45) is 7.36. The van der Waals surface area contributed by atoms with Crippen molar-refractivity contribution in [3.63, 3.8) is 0 Å². The molecule has 0 aromatic carbocycles. The topological polar surface area (TPSA) is 65.1 Å². The first-order valence-corrected chi connectivity index (χ1v) is 10.8. The van der Waals surface area contributed by atoms with Crippen LogP contribution >= 0.6 is 0 Å². The maximum Gasteiger partial charge on any atom is 0.236 e. The highest BCUT2D eigenvalue weighted by atomic mass is 16.5. The van der Waals surface area contributed by atoms with E-state index < -0.39 is 0 Å². The molecule has 4 fully saturated rings. The monoisotopic (exact) mass is 378 g/mol. The Labute approximate surface area is 162 Å². The number of rotatable bonds is 4. The van der Waals surface area contributed by atoms with Crippen LogP contribution in [0.3, 0.4) is 0 Å². The van der Waals surface area contributed by atoms with E-state index in [-0.39, 0.29) is 23.4 Å². The summed E-state index contributed by atoms with van der Waals surface area (Å²) in [5.41, 5.74) is 0.0403. The molecule has 4 aliphatic rings. The summed E-state index contributed by atoms with van der Waals surface area (Å²) in [7, 11) is 0. The van der Waals surface area contributed by atoms with Crippen LogP contribution in [0.2, 0.25) is 0 Å². The number of morpholine rings is 1. The summed E-state index contributed by atoms with van der Waals surface area (Å²) >= 11 is 0. The number of piperidine rings is 1. The van der Waals surface area contributed by atoms with Crippen LogP contribution < -0.4 is 5.32 Å². The molecule has 3 heterocycles. The zero-order valence-corrected chi connectivity index (χ0v) is 16.5. The Morgan fingerprint density at radius 1 is 1.11 bits per heavy atom. The third-order valence-corrected chi connectivity index (χ3v) is 7.01. The molecule has 1 atom stereocenters. The lowest BCUT2D eigenvalue weighted by atomic mass is 9.89. The molecule has 0 aromatic rings. The van der Waals surface area contributed by atoms with Gasteiger partial charge in [-0.1, -0.05) is 12.8 Å². The van der Waals surface area contributed by atoms with Crippen molar-refractivity contribution in [3.05, 3.63) is 0 Å². The highest BCUT2D eigenvalue weighted by Gasteiger charge is 2.43. The predicted molar refractivity (Wildman–Crippen MR) is 102 cm³/mol. The first kappa shape index (κ1) is 19.2. The summed E-state index contributed by atoms with van der Waals surface area (Å²) < 4.78 is 5.54. The Balaban J connectivity index is 1.39. The third-order valence-electron chi connectivity index (χ3n) is 7.01. The molecule has 0 aromatic heterocycles. The number of carbonyl (C=O) groups excluding carboxylic acids is 2. The molecule has 152 valence electrons. The molecule has 0 bridgehead atoms. The number of nitrogens with one attached hydrogen (secondary N) is 1. The lowest BCUT2D eigenvalue weighted by molar-refractivity contribution is -0.142. The standard InChI is InChI=1S/C20H34N4O3/c25-18(14-20(5-1-2-6-20)23-10-12-27-13-11-23)22-8-3-4-17(16-22)24-9-7-21-15-19(24)26/h17,21H,1-16H2. The highest BCUT2D eigenvalue weighted by molar-refractivity contribution is 5.80. The summed E-state index contributed by atoms with van der Waals surface area (Å²) in [6, 6.07) is 0.195. The molecule has 1 aliphatic carbocycles. The number of hydrogen-bond acceptors (Lipinski definition) is 5. The normalized spacial score (nSPS) is 29.9. The van der Waals surface area contributed by atoms with Gasteiger partial charge in [-0.05, 0) is 25.7 Å². The van der Waals surface area contributed by atoms with Crippen molar-refractivity contribution in [1.29, 1.82) is 0 Å². The summed E-state index contributed by atoms with van der Waals surface area (Å²) in [6.45, 7) is 7.08. The van der Waals surface area contributed by atoms with Crippen molar-refractivity contribution in [3.8, 4) is 0 Å². The van der Waals surface area contributed by atoms with Gasteiger partial charge in [-0.2, -0.15) is 0 Å². The smallest absolute Gasteiger partial charge is 0.236 e. The Morgan fingerprint density at radius 2 is 1.89 bits per heavy atom. The van der Waals surface area contributed by atoms with Gasteiger partial charge in [0.1, 0.15) is 0 Å². The van der Waals surface area contributed by atoms with Crippen LogP contribution in [0.4, 0.5) is 0 Å². The lowest BCUT2D eigenvalue weighted by Gasteiger charge is -2.45. The number of likely N-dealkylation sites (tertiary alicyclic amines) is 1. The summed E-state index contributed by atoms with van der Waals surface area (Å²) in [5.74, 6) is 0.469. The zero-order valence-electron chi connectivity index (χ0n) is 16.5. The average Bonchev–Trinajstić information content (AvgIpc) is 3.19. The molecule has 27 heavy (non-hydrogen) atoms. The van der Waals surface area contributed by atoms with Gasteiger partial charge in [0.25, 0.3) is 0 Å². The van der Waals surface area contributed by atoms with Crippen molar-refractivity contribution in [2.45, 2.75) is 56.5 Å². The number of hydrogen-bond donors (Lipinski definition) is 1. The van der Waals surface area contributed by atoms with Crippen LogP contribution in [0.1, 0.15) is 44.9 Å². The Kier molecular flexibility index (Phi) is 5.99. The van der Waals surface area contributed by atoms with Gasteiger partial charge in [-0.25, -0.2) is 0 Å². The fraction of sp³-hybridized carbons (Fsp3) is 0.900. The second kappa shape index (κ2) is 8.45. The molecule has 1 N–H and O–H groups in total. The van der Waals surface area contributed by atoms with Crippen molar-refractivity contribution in [2.75, 3.05) is 59.0 Å². The van der Waals surface area contributed by atoms with E-state index in [1.807, 2.05) is 9.80 Å². The number of piperazine rings is 1. The lowest BCUT2D eigenvalue weighted by Crippen LogP contribution is -2.59. The van der Waals surface area contributed by atoms with Crippen LogP contribution in [0, 0.1) is 0 Å². The van der Waals surface area contributed by atoms with E-state index in [1.54, 1.807) is 0 Å². The van der Waals surface area contributed by atoms with Gasteiger partial charge in [0.15, 0.2) is 0 Å². The number of amides is 2. The first-order chi connectivity index (χ1) is 13.2. The maximum absolute atomic E-state index is 13.3. The van der Waals surface area contributed by atoms with Crippen molar-refractivity contribution < 1.29 is 14.3 Å². The number of nitrogens with zero attached hydrogens (tertiary/aromatic N) is 3. The van der Waals surface area contributed by atoms with Gasteiger partial charge in [0.05, 0.1) is 19.8 Å². The fourth-order valence-corrected chi connectivity index (χ4v) is 5.51. The zero-order chi connectivity index (χ0) is 18.7. The van der Waals surface area contributed by atoms with E-state index in [0.29, 0.717) is 19.5 Å². The van der Waals surface area contributed by atoms with E-state index in [1.165, 1.54) is 12.8 Å². The predicted octanol–water partition coefficient (Wildman–Crippen LogP) is 0.444. The van der Waals surface area contributed by atoms with Gasteiger partial charge >= 0.3 is 0 Å². The van der Waals surface area contributed by atoms with Gasteiger partial charge < -0.3 is 19.9 Å². The Bertz CT molecular complexity index is 543. The van der Waals surface area contributed by atoms with Crippen molar-refractivity contribution in [1.82, 2.24) is 20.0 Å². The first-order valence-electron chi connectivity index (χ1n) is 10.8. The molecule has 4 rings (SSSR count). The molecule has 3 aliphatic heterocycles. The molecule has 3 saturated heterocycles. The molecule has 2 amide bonds. The second-order valence-corrected chi connectivity index (χ2v) is 8.61. The van der Waals surface area contributed by atoms with Gasteiger partial charge in [0.2, 0.25) is 11.8 Å². The summed E-state index contributed by atoms with van der Waals surface area (Å²) in [4.78, 5) is 32.1. The van der Waals surface area contributed by atoms with E-state index >= 15 is 0 Å². The number of carbonyl (C=O) groups is 2. The van der Waals surface area contributed by atoms with Gasteiger partial charge in [-0.3, -0.25) is 14.5 Å². The van der Waals surface area contributed by atoms with Crippen LogP contribution in [0.5, 0.6) is 0 Å². The van der Waals surface area contributed by atoms with Gasteiger partial charge in [-0.15, -0.1) is 0 Å². The van der Waals surface area contributed by atoms with Crippen molar-refractivity contribution >= 4 is 11.8 Å². The molecule has 1 unspecified atom stereocenters. The molecule has 7 heteroatoms. The fourth-order valence-electron chi connectivity index (χ4n) is 5.51. The average molecular weight is 379 g/mol. The Morgan fingerprint density at radius 3 is 2.63 bits per heavy atom. The van der Waals surface area contributed by atoms with E-state index in [4.69, 9.17) is 4.74 Å². The second-order valence-electron chi connectivity index (χ2n) is 8.61. The van der Waals surface area contributed by atoms with Crippen LogP contribution in [-0.4, -0.2) is 97.1 Å². The quantitative estimate of drug-likeness (QED) is 0.769. The molecular formula is C20H34N4O3. The minimum atomic E-state index is 0.0403. The number of ether oxygens (including phenoxy) is 1. The third kappa shape index (κ3) is 4.15. The molecule has 0 spiro atoms. The summed E-state index contributed by atoms with van der Waals surface area (Å²) in [5, 5.41) is 3.14. The Hall–Kier alpha value is -1.18. The van der Waals surface area contributed by atoms with Crippen LogP contribution in [-0.2, 0) is 14.3 Å². The van der Waals surface area contributed by atoms with Crippen LogP contribution in [0.25, 0.3) is 0 Å². The van der Waals surface area contributed by atoms with E-state index in [9.17, 15) is 9.59 Å². The maximum atomic E-state index is 13.3. The minimum Gasteiger partial charge on any atom is -0.379 e. The molecule has 0 radical (unpaired) electrons. The van der Waals surface area contributed by atoms with E-state index in [2.05, 4.69) is 10.2 Å². The van der Waals surface area contributed by atoms with Gasteiger partial charge in [0, 0.05) is 57.3 Å². The van der Waals surface area contributed by atoms with E-state index in [0.717, 1.165) is 71.6 Å². The minimum absolute atomic E-state index is 0.0403. The van der Waals surface area contributed by atoms with Crippen molar-refractivity contribution in [2.24, 2.45) is 0 Å². The molecule has 7 nitrogen and oxygen atoms in total. The molecule has 1 saturated carbocycles. The molecular weight excluding hydrogens is 344 g/mol. The SMILES string of the molecule is O=C(CC1(N2CCOCC2)CCCC1)N1CCCC(N2CCNCC2=O)C1.